The Morgan fingerprint density at radius 2 is 1.68 bits per heavy atom. The molecule has 8 heteroatoms. The van der Waals surface area contributed by atoms with Crippen molar-refractivity contribution in [2.24, 2.45) is 0 Å². The summed E-state index contributed by atoms with van der Waals surface area (Å²) in [5.41, 5.74) is 5.69. The molecule has 0 saturated heterocycles. The lowest BCUT2D eigenvalue weighted by Gasteiger charge is -2.07. The third kappa shape index (κ3) is 4.19. The quantitative estimate of drug-likeness (QED) is 0.491. The molecule has 0 fully saturated rings. The smallest absolute Gasteiger partial charge is 0.279 e. The molecule has 0 aliphatic rings. The van der Waals surface area contributed by atoms with E-state index in [1.165, 1.54) is 11.3 Å². The zero-order chi connectivity index (χ0) is 19.3. The zero-order valence-electron chi connectivity index (χ0n) is 14.5. The van der Waals surface area contributed by atoms with Gasteiger partial charge in [-0.2, -0.15) is 0 Å². The number of fused-ring (bicyclic) bond motifs is 1. The number of aromatic nitrogens is 1. The highest BCUT2D eigenvalue weighted by molar-refractivity contribution is 7.26. The molecule has 4 aromatic rings. The molecule has 140 valence electrons. The van der Waals surface area contributed by atoms with E-state index in [1.54, 1.807) is 29.5 Å². The number of ether oxygens (including phenoxy) is 1. The highest BCUT2D eigenvalue weighted by Gasteiger charge is 2.14. The highest BCUT2D eigenvalue weighted by atomic mass is 32.1. The molecular weight excluding hydrogens is 394 g/mol. The van der Waals surface area contributed by atoms with Crippen molar-refractivity contribution >= 4 is 44.7 Å². The lowest BCUT2D eigenvalue weighted by molar-refractivity contribution is -0.123. The van der Waals surface area contributed by atoms with E-state index in [0.29, 0.717) is 10.6 Å². The highest BCUT2D eigenvalue weighted by Crippen LogP contribution is 2.34. The lowest BCUT2D eigenvalue weighted by Crippen LogP contribution is -2.43. The van der Waals surface area contributed by atoms with Gasteiger partial charge >= 0.3 is 0 Å². The molecule has 28 heavy (non-hydrogen) atoms. The van der Waals surface area contributed by atoms with Crippen LogP contribution in [0.2, 0.25) is 0 Å². The number of hydrogen-bond donors (Lipinski definition) is 2. The van der Waals surface area contributed by atoms with Gasteiger partial charge in [-0.05, 0) is 36.4 Å². The minimum absolute atomic E-state index is 0.189. The molecule has 0 bridgehead atoms. The Morgan fingerprint density at radius 3 is 2.50 bits per heavy atom. The van der Waals surface area contributed by atoms with Gasteiger partial charge in [-0.25, -0.2) is 4.98 Å². The number of nitrogens with zero attached hydrogens (tertiary/aromatic N) is 1. The van der Waals surface area contributed by atoms with E-state index in [-0.39, 0.29) is 12.5 Å². The first-order valence-electron chi connectivity index (χ1n) is 8.42. The van der Waals surface area contributed by atoms with Crippen LogP contribution in [-0.4, -0.2) is 23.4 Å². The van der Waals surface area contributed by atoms with Gasteiger partial charge in [-0.15, -0.1) is 22.7 Å². The first-order valence-corrected chi connectivity index (χ1v) is 10.1. The van der Waals surface area contributed by atoms with Crippen molar-refractivity contribution < 1.29 is 14.3 Å². The predicted octanol–water partition coefficient (Wildman–Crippen LogP) is 3.86. The van der Waals surface area contributed by atoms with E-state index in [1.807, 2.05) is 48.5 Å². The molecule has 0 unspecified atom stereocenters. The summed E-state index contributed by atoms with van der Waals surface area (Å²) in [5.74, 6) is -0.242. The SMILES string of the molecule is O=C(COc1ccccc1)NNC(=O)c1ccc(-c2nc3ccccc3s2)s1. The van der Waals surface area contributed by atoms with Crippen molar-refractivity contribution in [3.63, 3.8) is 0 Å². The Bertz CT molecular complexity index is 1090. The molecule has 0 radical (unpaired) electrons. The van der Waals surface area contributed by atoms with Gasteiger partial charge in [-0.3, -0.25) is 20.4 Å². The summed E-state index contributed by atoms with van der Waals surface area (Å²) in [5, 5.41) is 0.866. The van der Waals surface area contributed by atoms with Gasteiger partial charge in [-0.1, -0.05) is 30.3 Å². The molecular formula is C20H15N3O3S2. The molecule has 0 aliphatic carbocycles. The van der Waals surface area contributed by atoms with E-state index in [0.717, 1.165) is 20.1 Å². The van der Waals surface area contributed by atoms with E-state index < -0.39 is 5.91 Å². The van der Waals surface area contributed by atoms with E-state index in [9.17, 15) is 9.59 Å². The van der Waals surface area contributed by atoms with E-state index >= 15 is 0 Å². The van der Waals surface area contributed by atoms with Crippen LogP contribution in [0.15, 0.2) is 66.7 Å². The summed E-state index contributed by atoms with van der Waals surface area (Å²) in [4.78, 5) is 30.1. The van der Waals surface area contributed by atoms with Gasteiger partial charge in [0.15, 0.2) is 6.61 Å². The first kappa shape index (κ1) is 18.1. The fourth-order valence-electron chi connectivity index (χ4n) is 2.44. The normalized spacial score (nSPS) is 10.6. The van der Waals surface area contributed by atoms with E-state index in [2.05, 4.69) is 15.8 Å². The van der Waals surface area contributed by atoms with Crippen LogP contribution in [0.25, 0.3) is 20.1 Å². The van der Waals surface area contributed by atoms with Crippen LogP contribution in [0.3, 0.4) is 0 Å². The fourth-order valence-corrected chi connectivity index (χ4v) is 4.36. The number of rotatable bonds is 5. The van der Waals surface area contributed by atoms with Gasteiger partial charge in [0, 0.05) is 0 Å². The molecule has 2 heterocycles. The van der Waals surface area contributed by atoms with Gasteiger partial charge in [0.25, 0.3) is 11.8 Å². The number of carbonyl (C=O) groups is 2. The summed E-state index contributed by atoms with van der Waals surface area (Å²) in [6.45, 7) is -0.189. The molecule has 4 rings (SSSR count). The summed E-state index contributed by atoms with van der Waals surface area (Å²) in [6, 6.07) is 20.5. The number of para-hydroxylation sites is 2. The van der Waals surface area contributed by atoms with Crippen molar-refractivity contribution in [2.45, 2.75) is 0 Å². The average Bonchev–Trinajstić information content (AvgIpc) is 3.38. The number of benzene rings is 2. The maximum absolute atomic E-state index is 12.3. The third-order valence-corrected chi connectivity index (χ3v) is 6.05. The molecule has 0 saturated carbocycles. The molecule has 0 aliphatic heterocycles. The number of thiazole rings is 1. The predicted molar refractivity (Wildman–Crippen MR) is 110 cm³/mol. The molecule has 0 atom stereocenters. The van der Waals surface area contributed by atoms with Crippen LogP contribution in [-0.2, 0) is 4.79 Å². The third-order valence-electron chi connectivity index (χ3n) is 3.76. The second kappa shape index (κ2) is 8.20. The Balaban J connectivity index is 1.33. The number of amides is 2. The Morgan fingerprint density at radius 1 is 0.893 bits per heavy atom. The lowest BCUT2D eigenvalue weighted by atomic mass is 10.3. The number of nitrogens with one attached hydrogen (secondary N) is 2. The Hall–Kier alpha value is -3.23. The van der Waals surface area contributed by atoms with Crippen molar-refractivity contribution in [3.8, 4) is 15.6 Å². The van der Waals surface area contributed by atoms with Gasteiger partial charge in [0.2, 0.25) is 0 Å². The monoisotopic (exact) mass is 409 g/mol. The maximum Gasteiger partial charge on any atom is 0.279 e. The fraction of sp³-hybridized carbons (Fsp3) is 0.0500. The largest absolute Gasteiger partial charge is 0.484 e. The standard InChI is InChI=1S/C20H15N3O3S2/c24-18(12-26-13-6-2-1-3-7-13)22-23-19(25)16-10-11-17(27-16)20-21-14-8-4-5-9-15(14)28-20/h1-11H,12H2,(H,22,24)(H,23,25). The van der Waals surface area contributed by atoms with Crippen LogP contribution >= 0.6 is 22.7 Å². The summed E-state index contributed by atoms with van der Waals surface area (Å²) < 4.78 is 6.43. The Kier molecular flexibility index (Phi) is 5.31. The number of carbonyl (C=O) groups excluding carboxylic acids is 2. The van der Waals surface area contributed by atoms with Crippen LogP contribution in [0, 0.1) is 0 Å². The van der Waals surface area contributed by atoms with Crippen molar-refractivity contribution in [3.05, 3.63) is 71.6 Å². The molecule has 2 aromatic carbocycles. The summed E-state index contributed by atoms with van der Waals surface area (Å²) in [7, 11) is 0. The van der Waals surface area contributed by atoms with Gasteiger partial charge in [0.05, 0.1) is 20.0 Å². The molecule has 2 aromatic heterocycles. The number of hydrogen-bond acceptors (Lipinski definition) is 6. The molecule has 2 N–H and O–H groups in total. The number of hydrazine groups is 1. The maximum atomic E-state index is 12.3. The second-order valence-corrected chi connectivity index (χ2v) is 7.87. The van der Waals surface area contributed by atoms with Gasteiger partial charge in [0.1, 0.15) is 10.8 Å². The topological polar surface area (TPSA) is 80.3 Å². The van der Waals surface area contributed by atoms with Crippen LogP contribution < -0.4 is 15.6 Å². The first-order chi connectivity index (χ1) is 13.7. The summed E-state index contributed by atoms with van der Waals surface area (Å²) in [6.07, 6.45) is 0. The zero-order valence-corrected chi connectivity index (χ0v) is 16.2. The number of thiophene rings is 1. The summed E-state index contributed by atoms with van der Waals surface area (Å²) >= 11 is 2.90. The van der Waals surface area contributed by atoms with E-state index in [4.69, 9.17) is 4.74 Å². The minimum Gasteiger partial charge on any atom is -0.484 e. The van der Waals surface area contributed by atoms with Crippen LogP contribution in [0.4, 0.5) is 0 Å². The minimum atomic E-state index is -0.444. The molecule has 0 spiro atoms. The molecule has 6 nitrogen and oxygen atoms in total. The van der Waals surface area contributed by atoms with Crippen LogP contribution in [0.5, 0.6) is 5.75 Å². The van der Waals surface area contributed by atoms with Crippen molar-refractivity contribution in [1.82, 2.24) is 15.8 Å². The van der Waals surface area contributed by atoms with Crippen molar-refractivity contribution in [1.29, 1.82) is 0 Å². The van der Waals surface area contributed by atoms with Crippen molar-refractivity contribution in [2.75, 3.05) is 6.61 Å². The van der Waals surface area contributed by atoms with Crippen LogP contribution in [0.1, 0.15) is 9.67 Å². The molecule has 2 amide bonds. The van der Waals surface area contributed by atoms with Gasteiger partial charge < -0.3 is 4.74 Å². The second-order valence-electron chi connectivity index (χ2n) is 5.75. The Labute approximate surface area is 168 Å². The average molecular weight is 409 g/mol.